The van der Waals surface area contributed by atoms with Gasteiger partial charge in [0.2, 0.25) is 0 Å². The Labute approximate surface area is 138 Å². The second-order valence-electron chi connectivity index (χ2n) is 8.22. The number of carbonyl (C=O) groups excluding carboxylic acids is 2. The van der Waals surface area contributed by atoms with Gasteiger partial charge in [-0.25, -0.2) is 0 Å². The molecular weight excluding hydrogens is 284 g/mol. The van der Waals surface area contributed by atoms with Gasteiger partial charge in [-0.3, -0.25) is 4.79 Å². The number of Topliss-reactive ketones (excluding diaryl/α,β-unsaturated/α-hetero) is 1. The standard InChI is InChI=1S/C21H26O2/c1-13(12-22)14-3-5-16-15(11-14)4-6-18-17(16)9-10-21(2)19(18)7-8-20(21)23/h3,5,11-13,17-19H,4,6-10H2,1-2H3/t13?,17?,18?,19?,21-/m0/s1. The van der Waals surface area contributed by atoms with Crippen LogP contribution in [-0.2, 0) is 16.0 Å². The van der Waals surface area contributed by atoms with Crippen LogP contribution in [0.2, 0.25) is 0 Å². The Hall–Kier alpha value is -1.44. The smallest absolute Gasteiger partial charge is 0.139 e. The lowest BCUT2D eigenvalue weighted by Gasteiger charge is -2.48. The van der Waals surface area contributed by atoms with Crippen LogP contribution in [0.5, 0.6) is 0 Å². The fourth-order valence-corrected chi connectivity index (χ4v) is 5.74. The lowest BCUT2D eigenvalue weighted by Crippen LogP contribution is -2.42. The molecule has 0 aliphatic heterocycles. The van der Waals surface area contributed by atoms with Crippen molar-refractivity contribution in [2.75, 3.05) is 0 Å². The summed E-state index contributed by atoms with van der Waals surface area (Å²) in [5, 5.41) is 0. The highest BCUT2D eigenvalue weighted by atomic mass is 16.1. The van der Waals surface area contributed by atoms with Crippen molar-refractivity contribution < 1.29 is 9.59 Å². The van der Waals surface area contributed by atoms with Gasteiger partial charge in [0.1, 0.15) is 12.1 Å². The number of benzene rings is 1. The zero-order valence-electron chi connectivity index (χ0n) is 14.2. The lowest BCUT2D eigenvalue weighted by molar-refractivity contribution is -0.129. The normalized spacial score (nSPS) is 36.8. The molecule has 0 saturated heterocycles. The van der Waals surface area contributed by atoms with Gasteiger partial charge in [-0.1, -0.05) is 32.0 Å². The summed E-state index contributed by atoms with van der Waals surface area (Å²) in [4.78, 5) is 23.4. The molecule has 4 rings (SSSR count). The minimum absolute atomic E-state index is 0.0138. The van der Waals surface area contributed by atoms with Gasteiger partial charge < -0.3 is 4.79 Å². The quantitative estimate of drug-likeness (QED) is 0.758. The second kappa shape index (κ2) is 5.29. The molecule has 0 N–H and O–H groups in total. The summed E-state index contributed by atoms with van der Waals surface area (Å²) in [5.74, 6) is 2.41. The van der Waals surface area contributed by atoms with Crippen molar-refractivity contribution in [3.63, 3.8) is 0 Å². The third-order valence-electron chi connectivity index (χ3n) is 7.19. The van der Waals surface area contributed by atoms with Crippen LogP contribution in [0.25, 0.3) is 0 Å². The molecule has 23 heavy (non-hydrogen) atoms. The zero-order chi connectivity index (χ0) is 16.2. The van der Waals surface area contributed by atoms with Crippen molar-refractivity contribution in [1.82, 2.24) is 0 Å². The Bertz CT molecular complexity index is 662. The van der Waals surface area contributed by atoms with Gasteiger partial charge in [0.15, 0.2) is 0 Å². The van der Waals surface area contributed by atoms with Gasteiger partial charge >= 0.3 is 0 Å². The largest absolute Gasteiger partial charge is 0.303 e. The molecular formula is C21H26O2. The minimum Gasteiger partial charge on any atom is -0.303 e. The number of hydrogen-bond acceptors (Lipinski definition) is 2. The Morgan fingerprint density at radius 3 is 2.83 bits per heavy atom. The molecule has 2 heteroatoms. The molecule has 1 aromatic carbocycles. The van der Waals surface area contributed by atoms with Crippen molar-refractivity contribution in [3.8, 4) is 0 Å². The average Bonchev–Trinajstić information content (AvgIpc) is 2.88. The van der Waals surface area contributed by atoms with Crippen LogP contribution in [0, 0.1) is 17.3 Å². The molecule has 3 aliphatic rings. The van der Waals surface area contributed by atoms with E-state index in [0.717, 1.165) is 44.0 Å². The fourth-order valence-electron chi connectivity index (χ4n) is 5.74. The van der Waals surface area contributed by atoms with Crippen molar-refractivity contribution >= 4 is 12.1 Å². The summed E-state index contributed by atoms with van der Waals surface area (Å²) >= 11 is 0. The van der Waals surface area contributed by atoms with Crippen LogP contribution >= 0.6 is 0 Å². The van der Waals surface area contributed by atoms with Gasteiger partial charge in [0, 0.05) is 17.8 Å². The van der Waals surface area contributed by atoms with Gasteiger partial charge in [0.05, 0.1) is 0 Å². The lowest BCUT2D eigenvalue weighted by atomic mass is 9.55. The van der Waals surface area contributed by atoms with Crippen molar-refractivity contribution in [1.29, 1.82) is 0 Å². The predicted molar refractivity (Wildman–Crippen MR) is 90.5 cm³/mol. The summed E-state index contributed by atoms with van der Waals surface area (Å²) in [5.41, 5.74) is 4.06. The predicted octanol–water partition coefficient (Wildman–Crippen LogP) is 4.41. The van der Waals surface area contributed by atoms with Crippen molar-refractivity contribution in [3.05, 3.63) is 34.9 Å². The summed E-state index contributed by atoms with van der Waals surface area (Å²) in [6.07, 6.45) is 7.46. The fraction of sp³-hybridized carbons (Fsp3) is 0.619. The Kier molecular flexibility index (Phi) is 3.48. The van der Waals surface area contributed by atoms with E-state index >= 15 is 0 Å². The van der Waals surface area contributed by atoms with Crippen molar-refractivity contribution in [2.45, 2.75) is 64.2 Å². The Balaban J connectivity index is 1.67. The molecule has 2 saturated carbocycles. The number of rotatable bonds is 2. The molecule has 0 aromatic heterocycles. The monoisotopic (exact) mass is 310 g/mol. The van der Waals surface area contributed by atoms with E-state index in [1.165, 1.54) is 17.5 Å². The maximum Gasteiger partial charge on any atom is 0.139 e. The molecule has 0 bridgehead atoms. The molecule has 0 spiro atoms. The maximum atomic E-state index is 12.4. The molecule has 122 valence electrons. The van der Waals surface area contributed by atoms with E-state index < -0.39 is 0 Å². The van der Waals surface area contributed by atoms with E-state index in [4.69, 9.17) is 0 Å². The molecule has 4 unspecified atom stereocenters. The van der Waals surface area contributed by atoms with Crippen LogP contribution in [-0.4, -0.2) is 12.1 Å². The van der Waals surface area contributed by atoms with E-state index in [2.05, 4.69) is 25.1 Å². The molecule has 0 radical (unpaired) electrons. The highest BCUT2D eigenvalue weighted by Gasteiger charge is 2.54. The van der Waals surface area contributed by atoms with E-state index in [1.54, 1.807) is 0 Å². The Morgan fingerprint density at radius 2 is 2.04 bits per heavy atom. The number of hydrogen-bond donors (Lipinski definition) is 0. The van der Waals surface area contributed by atoms with Crippen LogP contribution in [0.4, 0.5) is 0 Å². The van der Waals surface area contributed by atoms with Gasteiger partial charge in [-0.05, 0) is 66.5 Å². The van der Waals surface area contributed by atoms with Gasteiger partial charge in [-0.15, -0.1) is 0 Å². The van der Waals surface area contributed by atoms with Crippen LogP contribution in [0.15, 0.2) is 18.2 Å². The van der Waals surface area contributed by atoms with Crippen LogP contribution < -0.4 is 0 Å². The third kappa shape index (κ3) is 2.14. The highest BCUT2D eigenvalue weighted by Crippen LogP contribution is 2.59. The first kappa shape index (κ1) is 15.1. The SMILES string of the molecule is CC(C=O)c1ccc2c(c1)CCC1C2CC[C@]2(C)C(=O)CCC12. The molecule has 3 aliphatic carbocycles. The van der Waals surface area contributed by atoms with E-state index in [-0.39, 0.29) is 11.3 Å². The molecule has 2 nitrogen and oxygen atoms in total. The summed E-state index contributed by atoms with van der Waals surface area (Å²) < 4.78 is 0. The maximum absolute atomic E-state index is 12.4. The molecule has 0 amide bonds. The van der Waals surface area contributed by atoms with Gasteiger partial charge in [0.25, 0.3) is 0 Å². The van der Waals surface area contributed by atoms with E-state index in [1.807, 2.05) is 6.92 Å². The topological polar surface area (TPSA) is 34.1 Å². The Morgan fingerprint density at radius 1 is 1.22 bits per heavy atom. The first-order valence-electron chi connectivity index (χ1n) is 9.16. The molecule has 5 atom stereocenters. The first-order chi connectivity index (χ1) is 11.0. The summed E-state index contributed by atoms with van der Waals surface area (Å²) in [6, 6.07) is 6.69. The van der Waals surface area contributed by atoms with E-state index in [0.29, 0.717) is 23.5 Å². The number of fused-ring (bicyclic) bond motifs is 5. The molecule has 2 fully saturated rings. The molecule has 1 aromatic rings. The minimum atomic E-state index is -0.0371. The summed E-state index contributed by atoms with van der Waals surface area (Å²) in [7, 11) is 0. The van der Waals surface area contributed by atoms with Crippen molar-refractivity contribution in [2.24, 2.45) is 17.3 Å². The molecule has 0 heterocycles. The van der Waals surface area contributed by atoms with Crippen LogP contribution in [0.3, 0.4) is 0 Å². The number of aryl methyl sites for hydroxylation is 1. The zero-order valence-corrected chi connectivity index (χ0v) is 14.2. The van der Waals surface area contributed by atoms with Crippen LogP contribution in [0.1, 0.15) is 74.5 Å². The van der Waals surface area contributed by atoms with Gasteiger partial charge in [-0.2, -0.15) is 0 Å². The summed E-state index contributed by atoms with van der Waals surface area (Å²) in [6.45, 7) is 4.20. The highest BCUT2D eigenvalue weighted by molar-refractivity contribution is 5.87. The average molecular weight is 310 g/mol. The number of aldehydes is 1. The number of ketones is 1. The third-order valence-corrected chi connectivity index (χ3v) is 7.19. The second-order valence-corrected chi connectivity index (χ2v) is 8.22. The number of carbonyl (C=O) groups is 2. The van der Waals surface area contributed by atoms with E-state index in [9.17, 15) is 9.59 Å². The first-order valence-corrected chi connectivity index (χ1v) is 9.16.